The number of anilines is 2. The van der Waals surface area contributed by atoms with Gasteiger partial charge in [-0.15, -0.1) is 0 Å². The molecule has 0 saturated carbocycles. The van der Waals surface area contributed by atoms with Gasteiger partial charge >= 0.3 is 12.4 Å². The Hall–Kier alpha value is -3.24. The number of benzene rings is 2. The molecule has 0 aromatic heterocycles. The maximum absolute atomic E-state index is 12.9. The van der Waals surface area contributed by atoms with Gasteiger partial charge in [0.2, 0.25) is 5.91 Å². The van der Waals surface area contributed by atoms with E-state index in [4.69, 9.17) is 0 Å². The summed E-state index contributed by atoms with van der Waals surface area (Å²) in [6, 6.07) is 6.89. The van der Waals surface area contributed by atoms with Crippen molar-refractivity contribution in [3.05, 3.63) is 59.2 Å². The van der Waals surface area contributed by atoms with Crippen molar-refractivity contribution in [3.8, 4) is 0 Å². The Morgan fingerprint density at radius 1 is 0.867 bits per heavy atom. The van der Waals surface area contributed by atoms with E-state index in [9.17, 15) is 35.9 Å². The summed E-state index contributed by atoms with van der Waals surface area (Å²) in [6.45, 7) is -0.593. The number of nitrogens with one attached hydrogen (secondary N) is 2. The molecule has 0 spiro atoms. The molecule has 0 radical (unpaired) electrons. The largest absolute Gasteiger partial charge is 0.416 e. The van der Waals surface area contributed by atoms with Crippen LogP contribution in [0.3, 0.4) is 0 Å². The second kappa shape index (κ2) is 8.64. The van der Waals surface area contributed by atoms with Crippen LogP contribution in [0.2, 0.25) is 0 Å². The summed E-state index contributed by atoms with van der Waals surface area (Å²) in [4.78, 5) is 25.3. The van der Waals surface area contributed by atoms with E-state index in [0.717, 1.165) is 0 Å². The minimum absolute atomic E-state index is 0.00148. The first-order valence-corrected chi connectivity index (χ1v) is 8.42. The highest BCUT2D eigenvalue weighted by molar-refractivity contribution is 5.97. The van der Waals surface area contributed by atoms with Gasteiger partial charge < -0.3 is 15.5 Å². The number of carbonyl (C=O) groups is 2. The van der Waals surface area contributed by atoms with Gasteiger partial charge in [0, 0.05) is 31.0 Å². The monoisotopic (exact) mass is 433 g/mol. The minimum Gasteiger partial charge on any atom is -0.376 e. The number of hydrogen-bond donors (Lipinski definition) is 2. The molecule has 0 unspecified atom stereocenters. The quantitative estimate of drug-likeness (QED) is 0.684. The van der Waals surface area contributed by atoms with Crippen LogP contribution in [0.15, 0.2) is 42.5 Å². The van der Waals surface area contributed by atoms with Crippen LogP contribution in [0.4, 0.5) is 37.7 Å². The highest BCUT2D eigenvalue weighted by Gasteiger charge is 2.36. The number of amides is 2. The summed E-state index contributed by atoms with van der Waals surface area (Å²) < 4.78 is 77.3. The molecule has 2 aromatic carbocycles. The molecule has 0 aliphatic rings. The van der Waals surface area contributed by atoms with E-state index in [-0.39, 0.29) is 17.7 Å². The van der Waals surface area contributed by atoms with Gasteiger partial charge in [0.1, 0.15) is 0 Å². The molecule has 0 saturated heterocycles. The first-order chi connectivity index (χ1) is 13.8. The topological polar surface area (TPSA) is 61.4 Å². The van der Waals surface area contributed by atoms with Gasteiger partial charge in [0.15, 0.2) is 0 Å². The second-order valence-corrected chi connectivity index (χ2v) is 6.48. The van der Waals surface area contributed by atoms with E-state index in [2.05, 4.69) is 10.6 Å². The van der Waals surface area contributed by atoms with Crippen molar-refractivity contribution in [2.75, 3.05) is 31.3 Å². The van der Waals surface area contributed by atoms with E-state index < -0.39 is 41.6 Å². The van der Waals surface area contributed by atoms with Crippen molar-refractivity contribution in [2.45, 2.75) is 12.4 Å². The molecule has 2 amide bonds. The summed E-state index contributed by atoms with van der Waals surface area (Å²) in [5, 5.41) is 4.68. The number of rotatable bonds is 5. The lowest BCUT2D eigenvalue weighted by molar-refractivity contribution is -0.143. The van der Waals surface area contributed by atoms with Crippen molar-refractivity contribution in [3.63, 3.8) is 0 Å². The zero-order valence-electron chi connectivity index (χ0n) is 15.8. The first-order valence-electron chi connectivity index (χ1n) is 8.42. The second-order valence-electron chi connectivity index (χ2n) is 6.48. The van der Waals surface area contributed by atoms with E-state index >= 15 is 0 Å². The minimum atomic E-state index is -4.99. The van der Waals surface area contributed by atoms with Crippen LogP contribution in [0, 0.1) is 0 Å². The van der Waals surface area contributed by atoms with Crippen molar-refractivity contribution in [1.82, 2.24) is 4.90 Å². The summed E-state index contributed by atoms with van der Waals surface area (Å²) in [5.74, 6) is -1.04. The van der Waals surface area contributed by atoms with E-state index in [1.807, 2.05) is 0 Å². The van der Waals surface area contributed by atoms with Gasteiger partial charge in [-0.3, -0.25) is 9.59 Å². The van der Waals surface area contributed by atoms with Gasteiger partial charge in [-0.25, -0.2) is 0 Å². The number of carbonyl (C=O) groups excluding carboxylic acids is 2. The standard InChI is InChI=1S/C19H17F6N3O2/c1-28(2)17(30)11-4-3-5-14(6-11)27-16(29)10-26-15-8-12(18(20,21)22)7-13(9-15)19(23,24)25/h3-9,26H,10H2,1-2H3,(H,27,29). The molecule has 0 aliphatic heterocycles. The molecule has 2 N–H and O–H groups in total. The molecule has 5 nitrogen and oxygen atoms in total. The Labute approximate surface area is 167 Å². The third-order valence-electron chi connectivity index (χ3n) is 3.84. The van der Waals surface area contributed by atoms with E-state index in [1.165, 1.54) is 29.2 Å². The van der Waals surface area contributed by atoms with E-state index in [1.54, 1.807) is 14.1 Å². The van der Waals surface area contributed by atoms with Crippen LogP contribution >= 0.6 is 0 Å². The number of hydrogen-bond acceptors (Lipinski definition) is 3. The zero-order valence-corrected chi connectivity index (χ0v) is 15.8. The molecule has 162 valence electrons. The van der Waals surface area contributed by atoms with Gasteiger partial charge in [0.25, 0.3) is 5.91 Å². The SMILES string of the molecule is CN(C)C(=O)c1cccc(NC(=O)CNc2cc(C(F)(F)F)cc(C(F)(F)F)c2)c1. The molecule has 2 rings (SSSR count). The average Bonchev–Trinajstić information content (AvgIpc) is 2.64. The lowest BCUT2D eigenvalue weighted by atomic mass is 10.1. The highest BCUT2D eigenvalue weighted by Crippen LogP contribution is 2.37. The Morgan fingerprint density at radius 3 is 1.93 bits per heavy atom. The predicted molar refractivity (Wildman–Crippen MR) is 98.0 cm³/mol. The fourth-order valence-corrected chi connectivity index (χ4v) is 2.43. The van der Waals surface area contributed by atoms with Gasteiger partial charge in [0.05, 0.1) is 17.7 Å². The predicted octanol–water partition coefficient (Wildman–Crippen LogP) is 4.48. The highest BCUT2D eigenvalue weighted by atomic mass is 19.4. The van der Waals surface area contributed by atoms with Crippen LogP contribution in [-0.2, 0) is 17.1 Å². The van der Waals surface area contributed by atoms with Crippen LogP contribution in [0.25, 0.3) is 0 Å². The summed E-state index contributed by atoms with van der Waals surface area (Å²) >= 11 is 0. The Morgan fingerprint density at radius 2 is 1.43 bits per heavy atom. The van der Waals surface area contributed by atoms with Crippen molar-refractivity contribution in [2.24, 2.45) is 0 Å². The molecule has 0 atom stereocenters. The molecule has 0 bridgehead atoms. The maximum Gasteiger partial charge on any atom is 0.416 e. The molecule has 0 aliphatic carbocycles. The summed E-state index contributed by atoms with van der Waals surface area (Å²) in [7, 11) is 3.09. The van der Waals surface area contributed by atoms with Crippen molar-refractivity contribution < 1.29 is 35.9 Å². The molecule has 0 fully saturated rings. The summed E-state index contributed by atoms with van der Waals surface area (Å²) in [5.41, 5.74) is -2.96. The van der Waals surface area contributed by atoms with Gasteiger partial charge in [-0.1, -0.05) is 6.07 Å². The normalized spacial score (nSPS) is 11.7. The number of halogens is 6. The number of alkyl halides is 6. The van der Waals surface area contributed by atoms with Crippen LogP contribution in [0.5, 0.6) is 0 Å². The molecule has 30 heavy (non-hydrogen) atoms. The first kappa shape index (κ1) is 23.0. The fraction of sp³-hybridized carbons (Fsp3) is 0.263. The van der Waals surface area contributed by atoms with Gasteiger partial charge in [-0.05, 0) is 36.4 Å². The molecular weight excluding hydrogens is 416 g/mol. The Balaban J connectivity index is 2.13. The number of nitrogens with zero attached hydrogens (tertiary/aromatic N) is 1. The third kappa shape index (κ3) is 6.13. The Bertz CT molecular complexity index is 906. The van der Waals surface area contributed by atoms with Gasteiger partial charge in [-0.2, -0.15) is 26.3 Å². The molecule has 2 aromatic rings. The van der Waals surface area contributed by atoms with E-state index in [0.29, 0.717) is 17.7 Å². The lowest BCUT2D eigenvalue weighted by Gasteiger charge is -2.15. The lowest BCUT2D eigenvalue weighted by Crippen LogP contribution is -2.24. The molecule has 11 heteroatoms. The smallest absolute Gasteiger partial charge is 0.376 e. The summed E-state index contributed by atoms with van der Waals surface area (Å²) in [6.07, 6.45) is -9.97. The van der Waals surface area contributed by atoms with Crippen LogP contribution < -0.4 is 10.6 Å². The van der Waals surface area contributed by atoms with Crippen LogP contribution in [-0.4, -0.2) is 37.4 Å². The fourth-order valence-electron chi connectivity index (χ4n) is 2.43. The Kier molecular flexibility index (Phi) is 6.63. The molecular formula is C19H17F6N3O2. The third-order valence-corrected chi connectivity index (χ3v) is 3.84. The zero-order chi connectivity index (χ0) is 22.7. The van der Waals surface area contributed by atoms with Crippen LogP contribution in [0.1, 0.15) is 21.5 Å². The maximum atomic E-state index is 12.9. The van der Waals surface area contributed by atoms with Crippen molar-refractivity contribution >= 4 is 23.2 Å². The van der Waals surface area contributed by atoms with Crippen molar-refractivity contribution in [1.29, 1.82) is 0 Å². The molecule has 0 heterocycles. The average molecular weight is 433 g/mol.